The topological polar surface area (TPSA) is 65.3 Å². The zero-order valence-electron chi connectivity index (χ0n) is 5.77. The van der Waals surface area contributed by atoms with Crippen LogP contribution in [0.25, 0.3) is 0 Å². The Morgan fingerprint density at radius 3 is 3.00 bits per heavy atom. The summed E-state index contributed by atoms with van der Waals surface area (Å²) >= 11 is 0. The lowest BCUT2D eigenvalue weighted by molar-refractivity contribution is -0.385. The molecule has 0 aromatic carbocycles. The van der Waals surface area contributed by atoms with Gasteiger partial charge in [0.05, 0.1) is 12.0 Å². The first-order valence-corrected chi connectivity index (χ1v) is 2.80. The Kier molecular flexibility index (Phi) is 2.00. The number of hydrogen-bond acceptors (Lipinski definition) is 4. The van der Waals surface area contributed by atoms with Crippen LogP contribution in [0.4, 0.5) is 5.69 Å². The summed E-state index contributed by atoms with van der Waals surface area (Å²) in [4.78, 5) is 13.3. The third-order valence-corrected chi connectivity index (χ3v) is 1.11. The molecule has 5 heteroatoms. The van der Waals surface area contributed by atoms with Gasteiger partial charge in [0, 0.05) is 12.3 Å². The van der Waals surface area contributed by atoms with Crippen molar-refractivity contribution in [3.8, 4) is 5.75 Å². The maximum absolute atomic E-state index is 10.3. The molecule has 0 aliphatic carbocycles. The van der Waals surface area contributed by atoms with Gasteiger partial charge >= 0.3 is 5.69 Å². The fraction of sp³-hybridized carbons (Fsp3) is 0.167. The quantitative estimate of drug-likeness (QED) is 0.465. The molecular weight excluding hydrogens is 148 g/mol. The van der Waals surface area contributed by atoms with Crippen LogP contribution in [0.2, 0.25) is 0 Å². The lowest BCUT2D eigenvalue weighted by atomic mass is 10.4. The predicted molar refractivity (Wildman–Crippen MR) is 36.3 cm³/mol. The van der Waals surface area contributed by atoms with Crippen LogP contribution in [-0.2, 0) is 0 Å². The Morgan fingerprint density at radius 2 is 2.55 bits per heavy atom. The molecule has 0 aliphatic heterocycles. The fourth-order valence-electron chi connectivity index (χ4n) is 0.631. The smallest absolute Gasteiger partial charge is 0.314 e. The van der Waals surface area contributed by atoms with Crippen molar-refractivity contribution in [3.63, 3.8) is 0 Å². The second-order valence-corrected chi connectivity index (χ2v) is 1.73. The highest BCUT2D eigenvalue weighted by atomic mass is 16.6. The molecule has 11 heavy (non-hydrogen) atoms. The van der Waals surface area contributed by atoms with E-state index in [0.29, 0.717) is 0 Å². The van der Waals surface area contributed by atoms with Crippen LogP contribution >= 0.6 is 0 Å². The third-order valence-electron chi connectivity index (χ3n) is 1.11. The molecule has 0 unspecified atom stereocenters. The third kappa shape index (κ3) is 1.43. The van der Waals surface area contributed by atoms with E-state index < -0.39 is 4.92 Å². The predicted octanol–water partition coefficient (Wildman–Crippen LogP) is 0.799. The van der Waals surface area contributed by atoms with Crippen LogP contribution in [0.5, 0.6) is 5.75 Å². The molecular formula is C6H5N2O3. The number of aromatic nitrogens is 1. The maximum atomic E-state index is 10.3. The van der Waals surface area contributed by atoms with Gasteiger partial charge in [0.2, 0.25) is 5.75 Å². The van der Waals surface area contributed by atoms with E-state index in [2.05, 4.69) is 15.9 Å². The Hall–Kier alpha value is -1.65. The molecule has 0 spiro atoms. The molecule has 0 fully saturated rings. The van der Waals surface area contributed by atoms with Crippen molar-refractivity contribution in [1.82, 2.24) is 4.98 Å². The lowest BCUT2D eigenvalue weighted by Gasteiger charge is -1.96. The van der Waals surface area contributed by atoms with Gasteiger partial charge in [-0.3, -0.25) is 10.1 Å². The minimum atomic E-state index is -0.545. The summed E-state index contributed by atoms with van der Waals surface area (Å²) in [5.74, 6) is 0.0532. The summed E-state index contributed by atoms with van der Waals surface area (Å²) in [5, 5.41) is 10.3. The molecule has 1 aromatic heterocycles. The molecule has 0 saturated heterocycles. The van der Waals surface area contributed by atoms with E-state index in [1.54, 1.807) is 0 Å². The fourth-order valence-corrected chi connectivity index (χ4v) is 0.631. The van der Waals surface area contributed by atoms with E-state index in [9.17, 15) is 10.1 Å². The monoisotopic (exact) mass is 153 g/mol. The van der Waals surface area contributed by atoms with Gasteiger partial charge in [-0.25, -0.2) is 4.98 Å². The van der Waals surface area contributed by atoms with E-state index in [4.69, 9.17) is 0 Å². The Bertz CT molecular complexity index is 274. The molecule has 1 aromatic rings. The standard InChI is InChI=1S/C6H5N2O3/c1-11-6-4-7-3-2-5(6)8(9)10/h2-3H,1H3. The number of ether oxygens (including phenoxy) is 1. The van der Waals surface area contributed by atoms with Crippen LogP contribution in [0.3, 0.4) is 0 Å². The zero-order valence-corrected chi connectivity index (χ0v) is 5.77. The number of nitro groups is 1. The highest BCUT2D eigenvalue weighted by Gasteiger charge is 2.12. The van der Waals surface area contributed by atoms with Gasteiger partial charge in [0.25, 0.3) is 0 Å². The number of rotatable bonds is 2. The second-order valence-electron chi connectivity index (χ2n) is 1.73. The van der Waals surface area contributed by atoms with E-state index in [-0.39, 0.29) is 11.4 Å². The summed E-state index contributed by atoms with van der Waals surface area (Å²) in [5.41, 5.74) is -0.123. The van der Waals surface area contributed by atoms with Crippen molar-refractivity contribution in [2.75, 3.05) is 7.11 Å². The van der Waals surface area contributed by atoms with Gasteiger partial charge in [-0.05, 0) is 0 Å². The Labute approximate surface area is 62.8 Å². The van der Waals surface area contributed by atoms with Crippen LogP contribution in [0, 0.1) is 16.3 Å². The minimum Gasteiger partial charge on any atom is -0.489 e. The summed E-state index contributed by atoms with van der Waals surface area (Å²) in [6.07, 6.45) is 3.65. The number of nitrogens with zero attached hydrogens (tertiary/aromatic N) is 2. The van der Waals surface area contributed by atoms with Crippen molar-refractivity contribution in [3.05, 3.63) is 28.6 Å². The van der Waals surface area contributed by atoms with Crippen molar-refractivity contribution >= 4 is 5.69 Å². The molecule has 0 atom stereocenters. The average Bonchev–Trinajstić information content (AvgIpc) is 2.04. The van der Waals surface area contributed by atoms with Gasteiger partial charge in [-0.15, -0.1) is 0 Å². The van der Waals surface area contributed by atoms with Gasteiger partial charge < -0.3 is 4.74 Å². The summed E-state index contributed by atoms with van der Waals surface area (Å²) in [6, 6.07) is 1.26. The van der Waals surface area contributed by atoms with E-state index in [0.717, 1.165) is 0 Å². The average molecular weight is 153 g/mol. The molecule has 1 heterocycles. The molecule has 1 rings (SSSR count). The normalized spacial score (nSPS) is 9.18. The van der Waals surface area contributed by atoms with Gasteiger partial charge in [-0.2, -0.15) is 0 Å². The zero-order chi connectivity index (χ0) is 8.27. The highest BCUT2D eigenvalue weighted by molar-refractivity contribution is 5.42. The van der Waals surface area contributed by atoms with Gasteiger partial charge in [0.1, 0.15) is 6.20 Å². The molecule has 5 nitrogen and oxygen atoms in total. The van der Waals surface area contributed by atoms with Crippen molar-refractivity contribution in [1.29, 1.82) is 0 Å². The molecule has 57 valence electrons. The summed E-state index contributed by atoms with van der Waals surface area (Å²) in [6.45, 7) is 0. The molecule has 0 aliphatic rings. The second kappa shape index (κ2) is 2.96. The lowest BCUT2D eigenvalue weighted by Crippen LogP contribution is -1.93. The Morgan fingerprint density at radius 1 is 1.82 bits per heavy atom. The number of hydrogen-bond donors (Lipinski definition) is 0. The minimum absolute atomic E-state index is 0.0532. The van der Waals surface area contributed by atoms with Crippen LogP contribution < -0.4 is 4.74 Å². The van der Waals surface area contributed by atoms with E-state index in [1.807, 2.05) is 0 Å². The molecule has 0 N–H and O–H groups in total. The van der Waals surface area contributed by atoms with E-state index in [1.165, 1.54) is 19.4 Å². The number of pyridine rings is 1. The van der Waals surface area contributed by atoms with Crippen LogP contribution in [0.15, 0.2) is 12.3 Å². The van der Waals surface area contributed by atoms with Crippen LogP contribution in [-0.4, -0.2) is 17.0 Å². The van der Waals surface area contributed by atoms with Crippen molar-refractivity contribution in [2.24, 2.45) is 0 Å². The van der Waals surface area contributed by atoms with Crippen molar-refractivity contribution < 1.29 is 9.66 Å². The highest BCUT2D eigenvalue weighted by Crippen LogP contribution is 2.22. The van der Waals surface area contributed by atoms with Crippen LogP contribution in [0.1, 0.15) is 0 Å². The van der Waals surface area contributed by atoms with Gasteiger partial charge in [-0.1, -0.05) is 0 Å². The summed E-state index contributed by atoms with van der Waals surface area (Å²) in [7, 11) is 1.33. The largest absolute Gasteiger partial charge is 0.489 e. The first-order chi connectivity index (χ1) is 5.25. The van der Waals surface area contributed by atoms with Gasteiger partial charge in [0.15, 0.2) is 0 Å². The first-order valence-electron chi connectivity index (χ1n) is 2.80. The maximum Gasteiger partial charge on any atom is 0.314 e. The first kappa shape index (κ1) is 7.46. The van der Waals surface area contributed by atoms with E-state index >= 15 is 0 Å². The molecule has 1 radical (unpaired) electrons. The number of methoxy groups -OCH3 is 1. The Balaban J connectivity index is 3.12. The molecule has 0 bridgehead atoms. The molecule has 0 amide bonds. The SMILES string of the molecule is COc1[c]nccc1[N+](=O)[O-]. The summed E-state index contributed by atoms with van der Waals surface area (Å²) < 4.78 is 4.65. The molecule has 0 saturated carbocycles. The van der Waals surface area contributed by atoms with Crippen molar-refractivity contribution in [2.45, 2.75) is 0 Å².